The van der Waals surface area contributed by atoms with Crippen molar-refractivity contribution in [3.05, 3.63) is 59.6 Å². The van der Waals surface area contributed by atoms with Crippen molar-refractivity contribution in [3.8, 4) is 28.7 Å². The van der Waals surface area contributed by atoms with Crippen LogP contribution >= 0.6 is 0 Å². The number of oxazole rings is 1. The second-order valence-corrected chi connectivity index (χ2v) is 8.26. The highest BCUT2D eigenvalue weighted by Gasteiger charge is 2.20. The summed E-state index contributed by atoms with van der Waals surface area (Å²) in [7, 11) is 4.68. The van der Waals surface area contributed by atoms with Gasteiger partial charge in [0.05, 0.1) is 27.9 Å². The summed E-state index contributed by atoms with van der Waals surface area (Å²) in [4.78, 5) is 16.2. The van der Waals surface area contributed by atoms with Crippen LogP contribution in [-0.2, 0) is 22.5 Å². The number of hydrogen-bond donors (Lipinski definition) is 1. The van der Waals surface area contributed by atoms with Crippen molar-refractivity contribution in [1.29, 1.82) is 0 Å². The Morgan fingerprint density at radius 2 is 1.81 bits per heavy atom. The standard InChI is InChI=1S/C27H30N2O7/c1-6-35-24(27(30)31)12-17-7-8-21-18(11-17)9-10-29(21)15-20-16(2)36-26(28-20)19-13-22(32-3)25(34-5)23(14-19)33-4/h7-11,13-14,24H,6,12,15H2,1-5H3,(H,30,31). The van der Waals surface area contributed by atoms with Gasteiger partial charge in [0.2, 0.25) is 11.6 Å². The molecule has 0 aliphatic rings. The SMILES string of the molecule is CCOC(Cc1ccc2c(ccn2Cc2nc(-c3cc(OC)c(OC)c(OC)c3)oc2C)c1)C(=O)O. The first-order valence-electron chi connectivity index (χ1n) is 11.6. The number of aliphatic carboxylic acids is 1. The fourth-order valence-electron chi connectivity index (χ4n) is 4.21. The quantitative estimate of drug-likeness (QED) is 0.320. The van der Waals surface area contributed by atoms with Gasteiger partial charge in [-0.25, -0.2) is 9.78 Å². The van der Waals surface area contributed by atoms with Gasteiger partial charge < -0.3 is 33.0 Å². The lowest BCUT2D eigenvalue weighted by Crippen LogP contribution is -2.26. The highest BCUT2D eigenvalue weighted by atomic mass is 16.5. The number of methoxy groups -OCH3 is 3. The molecule has 0 bridgehead atoms. The molecule has 1 unspecified atom stereocenters. The van der Waals surface area contributed by atoms with Crippen LogP contribution in [0.4, 0.5) is 0 Å². The molecule has 36 heavy (non-hydrogen) atoms. The molecule has 0 saturated heterocycles. The average molecular weight is 495 g/mol. The third-order valence-electron chi connectivity index (χ3n) is 6.02. The number of fused-ring (bicyclic) bond motifs is 1. The van der Waals surface area contributed by atoms with Gasteiger partial charge in [-0.05, 0) is 55.1 Å². The lowest BCUT2D eigenvalue weighted by Gasteiger charge is -2.13. The highest BCUT2D eigenvalue weighted by molar-refractivity contribution is 5.81. The van der Waals surface area contributed by atoms with Gasteiger partial charge in [-0.1, -0.05) is 6.07 Å². The van der Waals surface area contributed by atoms with Crippen LogP contribution in [0.3, 0.4) is 0 Å². The lowest BCUT2D eigenvalue weighted by atomic mass is 10.1. The van der Waals surface area contributed by atoms with E-state index >= 15 is 0 Å². The van der Waals surface area contributed by atoms with E-state index in [1.807, 2.05) is 37.4 Å². The summed E-state index contributed by atoms with van der Waals surface area (Å²) in [5, 5.41) is 10.4. The van der Waals surface area contributed by atoms with Crippen LogP contribution < -0.4 is 14.2 Å². The van der Waals surface area contributed by atoms with Crippen molar-refractivity contribution < 1.29 is 33.3 Å². The van der Waals surface area contributed by atoms with E-state index < -0.39 is 12.1 Å². The summed E-state index contributed by atoms with van der Waals surface area (Å²) in [5.74, 6) is 1.74. The van der Waals surface area contributed by atoms with Gasteiger partial charge in [0.1, 0.15) is 11.5 Å². The van der Waals surface area contributed by atoms with Crippen molar-refractivity contribution in [3.63, 3.8) is 0 Å². The molecule has 9 heteroatoms. The van der Waals surface area contributed by atoms with Gasteiger partial charge in [0, 0.05) is 30.3 Å². The van der Waals surface area contributed by atoms with E-state index in [2.05, 4.69) is 4.57 Å². The third kappa shape index (κ3) is 5.01. The summed E-state index contributed by atoms with van der Waals surface area (Å²) in [6.45, 7) is 4.54. The molecule has 2 aromatic carbocycles. The zero-order valence-corrected chi connectivity index (χ0v) is 21.0. The minimum Gasteiger partial charge on any atom is -0.493 e. The minimum absolute atomic E-state index is 0.310. The molecule has 0 amide bonds. The lowest BCUT2D eigenvalue weighted by molar-refractivity contribution is -0.149. The molecule has 190 valence electrons. The zero-order valence-electron chi connectivity index (χ0n) is 21.0. The van der Waals surface area contributed by atoms with Crippen LogP contribution in [0.1, 0.15) is 23.9 Å². The first-order chi connectivity index (χ1) is 17.4. The number of aromatic nitrogens is 2. The molecule has 0 spiro atoms. The van der Waals surface area contributed by atoms with E-state index in [0.717, 1.165) is 22.2 Å². The Morgan fingerprint density at radius 3 is 2.42 bits per heavy atom. The number of carboxylic acids is 1. The van der Waals surface area contributed by atoms with Gasteiger partial charge in [0.25, 0.3) is 0 Å². The number of nitrogens with zero attached hydrogens (tertiary/aromatic N) is 2. The molecule has 0 fully saturated rings. The number of hydrogen-bond acceptors (Lipinski definition) is 7. The van der Waals surface area contributed by atoms with Gasteiger partial charge in [0.15, 0.2) is 17.6 Å². The van der Waals surface area contributed by atoms with Crippen LogP contribution in [0.15, 0.2) is 47.0 Å². The maximum atomic E-state index is 11.4. The molecular formula is C27H30N2O7. The summed E-state index contributed by atoms with van der Waals surface area (Å²) >= 11 is 0. The fourth-order valence-corrected chi connectivity index (χ4v) is 4.21. The van der Waals surface area contributed by atoms with E-state index in [1.165, 1.54) is 0 Å². The van der Waals surface area contributed by atoms with Crippen molar-refractivity contribution in [2.75, 3.05) is 27.9 Å². The summed E-state index contributed by atoms with van der Waals surface area (Å²) < 4.78 is 29.7. The Morgan fingerprint density at radius 1 is 1.08 bits per heavy atom. The van der Waals surface area contributed by atoms with Gasteiger partial charge >= 0.3 is 5.97 Å². The number of ether oxygens (including phenoxy) is 4. The summed E-state index contributed by atoms with van der Waals surface area (Å²) in [6, 6.07) is 11.5. The minimum atomic E-state index is -0.959. The van der Waals surface area contributed by atoms with Gasteiger partial charge in [-0.3, -0.25) is 0 Å². The van der Waals surface area contributed by atoms with E-state index in [4.69, 9.17) is 28.3 Å². The maximum Gasteiger partial charge on any atom is 0.333 e. The topological polar surface area (TPSA) is 105 Å². The Labute approximate surface area is 209 Å². The molecule has 0 aliphatic heterocycles. The number of aryl methyl sites for hydroxylation is 1. The largest absolute Gasteiger partial charge is 0.493 e. The van der Waals surface area contributed by atoms with Crippen LogP contribution in [0.2, 0.25) is 0 Å². The number of carbonyl (C=O) groups is 1. The normalized spacial score (nSPS) is 12.0. The smallest absolute Gasteiger partial charge is 0.333 e. The van der Waals surface area contributed by atoms with Gasteiger partial charge in [-0.2, -0.15) is 0 Å². The van der Waals surface area contributed by atoms with E-state index in [1.54, 1.807) is 40.4 Å². The van der Waals surface area contributed by atoms with Crippen LogP contribution in [0.25, 0.3) is 22.4 Å². The van der Waals surface area contributed by atoms with Crippen molar-refractivity contribution in [1.82, 2.24) is 9.55 Å². The predicted octanol–water partition coefficient (Wildman–Crippen LogP) is 4.71. The number of carboxylic acid groups (broad SMARTS) is 1. The second-order valence-electron chi connectivity index (χ2n) is 8.26. The predicted molar refractivity (Wildman–Crippen MR) is 134 cm³/mol. The molecule has 2 aromatic heterocycles. The Kier molecular flexibility index (Phi) is 7.49. The first kappa shape index (κ1) is 25.1. The molecule has 0 aliphatic carbocycles. The molecule has 4 rings (SSSR count). The van der Waals surface area contributed by atoms with E-state index in [9.17, 15) is 9.90 Å². The van der Waals surface area contributed by atoms with Crippen LogP contribution in [0, 0.1) is 6.92 Å². The molecule has 1 atom stereocenters. The number of benzene rings is 2. The van der Waals surface area contributed by atoms with Crippen molar-refractivity contribution >= 4 is 16.9 Å². The Bertz CT molecular complexity index is 1350. The van der Waals surface area contributed by atoms with Crippen molar-refractivity contribution in [2.45, 2.75) is 32.9 Å². The molecular weight excluding hydrogens is 464 g/mol. The number of rotatable bonds is 11. The van der Waals surface area contributed by atoms with Crippen LogP contribution in [0.5, 0.6) is 17.2 Å². The molecule has 4 aromatic rings. The molecule has 0 saturated carbocycles. The monoisotopic (exact) mass is 494 g/mol. The average Bonchev–Trinajstić information content (AvgIpc) is 3.45. The molecule has 2 heterocycles. The fraction of sp³-hybridized carbons (Fsp3) is 0.333. The molecule has 1 N–H and O–H groups in total. The zero-order chi connectivity index (χ0) is 25.8. The molecule has 9 nitrogen and oxygen atoms in total. The summed E-state index contributed by atoms with van der Waals surface area (Å²) in [5.41, 5.74) is 3.42. The first-order valence-corrected chi connectivity index (χ1v) is 11.6. The molecule has 0 radical (unpaired) electrons. The van der Waals surface area contributed by atoms with E-state index in [-0.39, 0.29) is 0 Å². The Hall–Kier alpha value is -3.98. The maximum absolute atomic E-state index is 11.4. The highest BCUT2D eigenvalue weighted by Crippen LogP contribution is 2.41. The summed E-state index contributed by atoms with van der Waals surface area (Å²) in [6.07, 6.45) is 1.44. The van der Waals surface area contributed by atoms with Crippen molar-refractivity contribution in [2.24, 2.45) is 0 Å². The third-order valence-corrected chi connectivity index (χ3v) is 6.02. The second kappa shape index (κ2) is 10.7. The Balaban J connectivity index is 1.60. The van der Waals surface area contributed by atoms with Crippen LogP contribution in [-0.4, -0.2) is 54.7 Å². The van der Waals surface area contributed by atoms with E-state index in [0.29, 0.717) is 54.0 Å². The van der Waals surface area contributed by atoms with Gasteiger partial charge in [-0.15, -0.1) is 0 Å².